The number of ketones is 2. The Morgan fingerprint density at radius 3 is 1.63 bits per heavy atom. The Balaban J connectivity index is 2.97. The van der Waals surface area contributed by atoms with Crippen LogP contribution in [-0.2, 0) is 33.4 Å². The first-order chi connectivity index (χ1) is 8.86. The number of rotatable bonds is 7. The van der Waals surface area contributed by atoms with Gasteiger partial charge in [0.1, 0.15) is 17.1 Å². The van der Waals surface area contributed by atoms with Crippen LogP contribution in [0.2, 0.25) is 0 Å². The fourth-order valence-corrected chi connectivity index (χ4v) is 2.60. The Bertz CT molecular complexity index is 472. The summed E-state index contributed by atoms with van der Waals surface area (Å²) in [7, 11) is 0.242. The van der Waals surface area contributed by atoms with Crippen molar-refractivity contribution in [1.82, 2.24) is 0 Å². The molecule has 0 aliphatic carbocycles. The van der Waals surface area contributed by atoms with E-state index in [9.17, 15) is 14.4 Å². The minimum absolute atomic E-state index is 0.0972. The van der Waals surface area contributed by atoms with Gasteiger partial charge in [-0.3, -0.25) is 14.4 Å². The van der Waals surface area contributed by atoms with Gasteiger partial charge in [-0.25, -0.2) is 0 Å². The van der Waals surface area contributed by atoms with Crippen LogP contribution in [-0.4, -0.2) is 17.1 Å². The predicted octanol–water partition coefficient (Wildman–Crippen LogP) is 2.67. The molecule has 0 amide bonds. The molecule has 3 nitrogen and oxygen atoms in total. The van der Waals surface area contributed by atoms with Crippen LogP contribution in [0, 0.1) is 0 Å². The molecule has 1 unspecified atom stereocenters. The molecule has 0 spiro atoms. The molecule has 0 aliphatic rings. The van der Waals surface area contributed by atoms with E-state index in [0.29, 0.717) is 19.0 Å². The Morgan fingerprint density at radius 2 is 1.26 bits per heavy atom. The molecule has 0 saturated heterocycles. The van der Waals surface area contributed by atoms with E-state index in [2.05, 4.69) is 0 Å². The van der Waals surface area contributed by atoms with Crippen LogP contribution in [0.25, 0.3) is 0 Å². The Labute approximate surface area is 115 Å². The standard InChI is InChI=1S/C15H19O3P/c1-10(16)4-13-6-14(5-11(2)17)8-15(7-13)9-19-12(3)18/h6-8,19H,4-5,9H2,1-3H3. The molecule has 0 bridgehead atoms. The van der Waals surface area contributed by atoms with Crippen molar-refractivity contribution >= 4 is 25.7 Å². The molecule has 0 heterocycles. The first kappa shape index (κ1) is 15.7. The molecule has 0 N–H and O–H groups in total. The first-order valence-corrected chi connectivity index (χ1v) is 7.42. The van der Waals surface area contributed by atoms with E-state index in [0.717, 1.165) is 16.7 Å². The third-order valence-corrected chi connectivity index (χ3v) is 3.64. The quantitative estimate of drug-likeness (QED) is 0.720. The molecule has 1 aromatic rings. The highest BCUT2D eigenvalue weighted by atomic mass is 31.1. The number of carbonyl (C=O) groups is 3. The monoisotopic (exact) mass is 278 g/mol. The van der Waals surface area contributed by atoms with Crippen LogP contribution >= 0.6 is 8.58 Å². The van der Waals surface area contributed by atoms with E-state index in [-0.39, 0.29) is 25.7 Å². The van der Waals surface area contributed by atoms with Gasteiger partial charge in [-0.1, -0.05) is 18.2 Å². The third-order valence-electron chi connectivity index (χ3n) is 2.56. The highest BCUT2D eigenvalue weighted by Gasteiger charge is 2.06. The fraction of sp³-hybridized carbons (Fsp3) is 0.400. The number of hydrogen-bond donors (Lipinski definition) is 0. The van der Waals surface area contributed by atoms with Gasteiger partial charge in [-0.15, -0.1) is 0 Å². The Kier molecular flexibility index (Phi) is 6.04. The van der Waals surface area contributed by atoms with Crippen molar-refractivity contribution in [2.45, 2.75) is 39.8 Å². The molecule has 1 atom stereocenters. The van der Waals surface area contributed by atoms with E-state index < -0.39 is 0 Å². The van der Waals surface area contributed by atoms with Crippen LogP contribution in [0.3, 0.4) is 0 Å². The van der Waals surface area contributed by atoms with E-state index in [1.807, 2.05) is 18.2 Å². The highest BCUT2D eigenvalue weighted by Crippen LogP contribution is 2.22. The number of hydrogen-bond acceptors (Lipinski definition) is 3. The van der Waals surface area contributed by atoms with E-state index in [4.69, 9.17) is 0 Å². The molecule has 0 radical (unpaired) electrons. The van der Waals surface area contributed by atoms with Gasteiger partial charge < -0.3 is 0 Å². The molecule has 1 aromatic carbocycles. The van der Waals surface area contributed by atoms with Crippen molar-refractivity contribution in [3.8, 4) is 0 Å². The smallest absolute Gasteiger partial charge is 0.148 e. The van der Waals surface area contributed by atoms with Crippen molar-refractivity contribution in [3.63, 3.8) is 0 Å². The summed E-state index contributed by atoms with van der Waals surface area (Å²) in [5.74, 6) is 0.194. The molecule has 19 heavy (non-hydrogen) atoms. The van der Waals surface area contributed by atoms with Gasteiger partial charge in [0, 0.05) is 12.8 Å². The number of Topliss-reactive ketones (excluding diaryl/α,β-unsaturated/α-hetero) is 2. The van der Waals surface area contributed by atoms with Gasteiger partial charge in [0.05, 0.1) is 0 Å². The summed E-state index contributed by atoms with van der Waals surface area (Å²) < 4.78 is 0. The van der Waals surface area contributed by atoms with Crippen molar-refractivity contribution in [2.75, 3.05) is 0 Å². The van der Waals surface area contributed by atoms with Gasteiger partial charge in [0.15, 0.2) is 0 Å². The Hall–Kier alpha value is -1.34. The predicted molar refractivity (Wildman–Crippen MR) is 77.9 cm³/mol. The van der Waals surface area contributed by atoms with Gasteiger partial charge in [0.2, 0.25) is 0 Å². The zero-order valence-electron chi connectivity index (χ0n) is 11.6. The van der Waals surface area contributed by atoms with Crippen molar-refractivity contribution in [1.29, 1.82) is 0 Å². The second-order valence-corrected chi connectivity index (χ2v) is 6.24. The van der Waals surface area contributed by atoms with Gasteiger partial charge in [-0.2, -0.15) is 0 Å². The molecule has 102 valence electrons. The topological polar surface area (TPSA) is 51.2 Å². The molecule has 0 saturated carbocycles. The zero-order chi connectivity index (χ0) is 14.4. The molecule has 0 aromatic heterocycles. The van der Waals surface area contributed by atoms with Crippen LogP contribution in [0.15, 0.2) is 18.2 Å². The summed E-state index contributed by atoms with van der Waals surface area (Å²) in [6, 6.07) is 5.82. The molecule has 0 aliphatic heterocycles. The summed E-state index contributed by atoms with van der Waals surface area (Å²) in [5.41, 5.74) is 3.05. The van der Waals surface area contributed by atoms with Crippen LogP contribution in [0.1, 0.15) is 37.5 Å². The summed E-state index contributed by atoms with van der Waals surface area (Å²) in [6.45, 7) is 4.68. The summed E-state index contributed by atoms with van der Waals surface area (Å²) >= 11 is 0. The lowest BCUT2D eigenvalue weighted by Gasteiger charge is -2.08. The van der Waals surface area contributed by atoms with Crippen molar-refractivity contribution in [2.24, 2.45) is 0 Å². The normalized spacial score (nSPS) is 10.9. The highest BCUT2D eigenvalue weighted by molar-refractivity contribution is 7.56. The van der Waals surface area contributed by atoms with E-state index in [1.54, 1.807) is 20.8 Å². The summed E-state index contributed by atoms with van der Waals surface area (Å²) in [6.07, 6.45) is 1.44. The van der Waals surface area contributed by atoms with E-state index in [1.165, 1.54) is 0 Å². The maximum atomic E-state index is 11.2. The van der Waals surface area contributed by atoms with E-state index >= 15 is 0 Å². The fourth-order valence-electron chi connectivity index (χ4n) is 1.95. The largest absolute Gasteiger partial charge is 0.300 e. The lowest BCUT2D eigenvalue weighted by atomic mass is 10.00. The number of carbonyl (C=O) groups excluding carboxylic acids is 3. The molecule has 1 rings (SSSR count). The molecule has 0 fully saturated rings. The first-order valence-electron chi connectivity index (χ1n) is 6.22. The van der Waals surface area contributed by atoms with Gasteiger partial charge in [0.25, 0.3) is 0 Å². The van der Waals surface area contributed by atoms with Crippen molar-refractivity contribution < 1.29 is 14.4 Å². The Morgan fingerprint density at radius 1 is 0.842 bits per heavy atom. The van der Waals surface area contributed by atoms with Crippen LogP contribution < -0.4 is 0 Å². The van der Waals surface area contributed by atoms with Gasteiger partial charge >= 0.3 is 0 Å². The van der Waals surface area contributed by atoms with Crippen LogP contribution in [0.5, 0.6) is 0 Å². The zero-order valence-corrected chi connectivity index (χ0v) is 12.6. The van der Waals surface area contributed by atoms with Crippen molar-refractivity contribution in [3.05, 3.63) is 34.9 Å². The average molecular weight is 278 g/mol. The second kappa shape index (κ2) is 7.30. The maximum Gasteiger partial charge on any atom is 0.148 e. The van der Waals surface area contributed by atoms with Crippen LogP contribution in [0.4, 0.5) is 0 Å². The average Bonchev–Trinajstić information content (AvgIpc) is 2.24. The molecular formula is C15H19O3P. The minimum Gasteiger partial charge on any atom is -0.300 e. The third kappa shape index (κ3) is 6.40. The molecular weight excluding hydrogens is 259 g/mol. The minimum atomic E-state index is 0.0972. The molecule has 4 heteroatoms. The number of benzene rings is 1. The SMILES string of the molecule is CC(=O)Cc1cc(CPC(C)=O)cc(CC(C)=O)c1. The lowest BCUT2D eigenvalue weighted by Crippen LogP contribution is -2.02. The summed E-state index contributed by atoms with van der Waals surface area (Å²) in [5, 5.41) is 0. The maximum absolute atomic E-state index is 11.2. The lowest BCUT2D eigenvalue weighted by molar-refractivity contribution is -0.117. The second-order valence-electron chi connectivity index (χ2n) is 4.83. The summed E-state index contributed by atoms with van der Waals surface area (Å²) in [4.78, 5) is 33.5. The van der Waals surface area contributed by atoms with Gasteiger partial charge in [-0.05, 0) is 52.2 Å².